The first-order valence-corrected chi connectivity index (χ1v) is 7.70. The van der Waals surface area contributed by atoms with Crippen LogP contribution in [0.25, 0.3) is 0 Å². The average molecular weight is 322 g/mol. The quantitative estimate of drug-likeness (QED) is 0.604. The van der Waals surface area contributed by atoms with E-state index >= 15 is 0 Å². The Morgan fingerprint density at radius 1 is 1.26 bits per heavy atom. The Hall–Kier alpha value is -1.83. The third-order valence-corrected chi connectivity index (χ3v) is 4.49. The van der Waals surface area contributed by atoms with Crippen molar-refractivity contribution in [3.05, 3.63) is 29.8 Å². The molecule has 1 aliphatic heterocycles. The summed E-state index contributed by atoms with van der Waals surface area (Å²) >= 11 is 0. The van der Waals surface area contributed by atoms with E-state index in [-0.39, 0.29) is 18.6 Å². The molecule has 2 aliphatic rings. The maximum atomic E-state index is 10.1. The SMILES string of the molecule is COc1ccc(CN=C2NC3C(CC(CO)C(O)C3O)O2)cc1. The molecule has 0 bridgehead atoms. The summed E-state index contributed by atoms with van der Waals surface area (Å²) in [6.45, 7) is 0.261. The fraction of sp³-hybridized carbons (Fsp3) is 0.562. The molecule has 4 N–H and O–H groups in total. The largest absolute Gasteiger partial charge is 0.497 e. The first-order valence-electron chi connectivity index (χ1n) is 7.70. The van der Waals surface area contributed by atoms with Crippen LogP contribution in [0.4, 0.5) is 0 Å². The summed E-state index contributed by atoms with van der Waals surface area (Å²) in [5, 5.41) is 32.4. The van der Waals surface area contributed by atoms with Crippen LogP contribution in [0.15, 0.2) is 29.3 Å². The molecule has 0 aromatic heterocycles. The molecule has 2 fully saturated rings. The number of aliphatic hydroxyl groups excluding tert-OH is 3. The number of hydrogen-bond acceptors (Lipinski definition) is 6. The van der Waals surface area contributed by atoms with Gasteiger partial charge in [0.2, 0.25) is 0 Å². The van der Waals surface area contributed by atoms with E-state index in [1.165, 1.54) is 0 Å². The Morgan fingerprint density at radius 2 is 2.00 bits per heavy atom. The van der Waals surface area contributed by atoms with E-state index in [0.29, 0.717) is 19.0 Å². The van der Waals surface area contributed by atoms with Gasteiger partial charge in [0.05, 0.1) is 25.8 Å². The highest BCUT2D eigenvalue weighted by Crippen LogP contribution is 2.30. The number of nitrogens with one attached hydrogen (secondary N) is 1. The number of ether oxygens (including phenoxy) is 2. The molecular weight excluding hydrogens is 300 g/mol. The van der Waals surface area contributed by atoms with Crippen LogP contribution in [0.3, 0.4) is 0 Å². The van der Waals surface area contributed by atoms with Crippen molar-refractivity contribution >= 4 is 6.02 Å². The summed E-state index contributed by atoms with van der Waals surface area (Å²) in [4.78, 5) is 4.37. The van der Waals surface area contributed by atoms with Crippen LogP contribution >= 0.6 is 0 Å². The standard InChI is InChI=1S/C16H22N2O5/c1-22-11-4-2-9(3-5-11)7-17-16-18-13-12(23-16)6-10(8-19)14(20)15(13)21/h2-5,10,12-15,19-21H,6-8H2,1H3,(H,17,18). The van der Waals surface area contributed by atoms with Gasteiger partial charge >= 0.3 is 0 Å². The summed E-state index contributed by atoms with van der Waals surface area (Å²) in [6, 6.07) is 7.54. The molecule has 1 saturated carbocycles. The van der Waals surface area contributed by atoms with Crippen molar-refractivity contribution in [1.82, 2.24) is 5.32 Å². The number of aliphatic hydroxyl groups is 3. The summed E-state index contributed by atoms with van der Waals surface area (Å²) in [5.74, 6) is 0.406. The van der Waals surface area contributed by atoms with Crippen molar-refractivity contribution in [1.29, 1.82) is 0 Å². The van der Waals surface area contributed by atoms with Gasteiger partial charge in [-0.15, -0.1) is 0 Å². The van der Waals surface area contributed by atoms with Gasteiger partial charge in [0.25, 0.3) is 6.02 Å². The fourth-order valence-electron chi connectivity index (χ4n) is 3.07. The van der Waals surface area contributed by atoms with Crippen LogP contribution in [0.5, 0.6) is 5.75 Å². The monoisotopic (exact) mass is 322 g/mol. The van der Waals surface area contributed by atoms with Crippen LogP contribution in [-0.4, -0.2) is 59.4 Å². The molecule has 0 spiro atoms. The molecule has 3 rings (SSSR count). The Balaban J connectivity index is 1.64. The Labute approximate surface area is 134 Å². The van der Waals surface area contributed by atoms with Crippen molar-refractivity contribution in [2.24, 2.45) is 10.9 Å². The molecule has 1 aliphatic carbocycles. The molecule has 126 valence electrons. The third-order valence-electron chi connectivity index (χ3n) is 4.49. The molecule has 0 radical (unpaired) electrons. The highest BCUT2D eigenvalue weighted by Gasteiger charge is 2.48. The summed E-state index contributed by atoms with van der Waals surface area (Å²) < 4.78 is 10.8. The average Bonchev–Trinajstić information content (AvgIpc) is 3.00. The summed E-state index contributed by atoms with van der Waals surface area (Å²) in [6.07, 6.45) is -1.76. The van der Waals surface area contributed by atoms with Gasteiger partial charge < -0.3 is 30.1 Å². The smallest absolute Gasteiger partial charge is 0.285 e. The molecule has 7 heteroatoms. The third kappa shape index (κ3) is 3.26. The van der Waals surface area contributed by atoms with Gasteiger partial charge in [-0.25, -0.2) is 4.99 Å². The zero-order valence-electron chi connectivity index (χ0n) is 12.9. The number of aliphatic imine (C=N–C) groups is 1. The van der Waals surface area contributed by atoms with Crippen molar-refractivity contribution in [2.45, 2.75) is 37.3 Å². The van der Waals surface area contributed by atoms with Gasteiger partial charge in [0, 0.05) is 12.5 Å². The molecule has 23 heavy (non-hydrogen) atoms. The van der Waals surface area contributed by atoms with Crippen LogP contribution in [-0.2, 0) is 11.3 Å². The number of nitrogens with zero attached hydrogens (tertiary/aromatic N) is 1. The minimum absolute atomic E-state index is 0.177. The number of amidine groups is 1. The second-order valence-electron chi connectivity index (χ2n) is 5.96. The summed E-state index contributed by atoms with van der Waals surface area (Å²) in [7, 11) is 1.62. The predicted molar refractivity (Wildman–Crippen MR) is 83.1 cm³/mol. The number of methoxy groups -OCH3 is 1. The molecule has 1 aromatic rings. The van der Waals surface area contributed by atoms with E-state index in [1.54, 1.807) is 7.11 Å². The molecule has 5 atom stereocenters. The number of rotatable bonds is 4. The molecule has 0 amide bonds. The van der Waals surface area contributed by atoms with Gasteiger partial charge in [0.15, 0.2) is 0 Å². The second kappa shape index (κ2) is 6.74. The lowest BCUT2D eigenvalue weighted by atomic mass is 9.80. The molecule has 5 unspecified atom stereocenters. The van der Waals surface area contributed by atoms with Crippen LogP contribution in [0.1, 0.15) is 12.0 Å². The van der Waals surface area contributed by atoms with Crippen LogP contribution in [0.2, 0.25) is 0 Å². The lowest BCUT2D eigenvalue weighted by molar-refractivity contribution is -0.0948. The molecule has 7 nitrogen and oxygen atoms in total. The zero-order chi connectivity index (χ0) is 16.4. The maximum Gasteiger partial charge on any atom is 0.285 e. The lowest BCUT2D eigenvalue weighted by Crippen LogP contribution is -2.56. The predicted octanol–water partition coefficient (Wildman–Crippen LogP) is -0.358. The molecular formula is C16H22N2O5. The van der Waals surface area contributed by atoms with E-state index in [4.69, 9.17) is 9.47 Å². The minimum atomic E-state index is -0.986. The van der Waals surface area contributed by atoms with E-state index in [0.717, 1.165) is 11.3 Å². The van der Waals surface area contributed by atoms with Crippen LogP contribution in [0, 0.1) is 5.92 Å². The van der Waals surface area contributed by atoms with Crippen LogP contribution < -0.4 is 10.1 Å². The normalized spacial score (nSPS) is 34.6. The topological polar surface area (TPSA) is 104 Å². The first kappa shape index (κ1) is 16.0. The Kier molecular flexibility index (Phi) is 4.70. The molecule has 1 saturated heterocycles. The van der Waals surface area contributed by atoms with E-state index < -0.39 is 18.2 Å². The van der Waals surface area contributed by atoms with Crippen molar-refractivity contribution in [2.75, 3.05) is 13.7 Å². The second-order valence-corrected chi connectivity index (χ2v) is 5.96. The number of fused-ring (bicyclic) bond motifs is 1. The van der Waals surface area contributed by atoms with Crippen molar-refractivity contribution in [3.8, 4) is 5.75 Å². The van der Waals surface area contributed by atoms with Gasteiger partial charge in [-0.2, -0.15) is 0 Å². The van der Waals surface area contributed by atoms with Crippen molar-refractivity contribution in [3.63, 3.8) is 0 Å². The van der Waals surface area contributed by atoms with E-state index in [2.05, 4.69) is 10.3 Å². The Morgan fingerprint density at radius 3 is 2.65 bits per heavy atom. The van der Waals surface area contributed by atoms with Crippen molar-refractivity contribution < 1.29 is 24.8 Å². The number of hydrogen-bond donors (Lipinski definition) is 4. The zero-order valence-corrected chi connectivity index (χ0v) is 12.9. The molecule has 1 heterocycles. The fourth-order valence-corrected chi connectivity index (χ4v) is 3.07. The highest BCUT2D eigenvalue weighted by atomic mass is 16.5. The number of benzene rings is 1. The highest BCUT2D eigenvalue weighted by molar-refractivity contribution is 5.76. The maximum absolute atomic E-state index is 10.1. The van der Waals surface area contributed by atoms with E-state index in [1.807, 2.05) is 24.3 Å². The van der Waals surface area contributed by atoms with Gasteiger partial charge in [0.1, 0.15) is 18.0 Å². The van der Waals surface area contributed by atoms with Gasteiger partial charge in [-0.05, 0) is 24.1 Å². The minimum Gasteiger partial charge on any atom is -0.497 e. The van der Waals surface area contributed by atoms with Gasteiger partial charge in [-0.3, -0.25) is 0 Å². The summed E-state index contributed by atoms with van der Waals surface area (Å²) in [5.41, 5.74) is 1.01. The van der Waals surface area contributed by atoms with Gasteiger partial charge in [-0.1, -0.05) is 12.1 Å². The Bertz CT molecular complexity index is 562. The van der Waals surface area contributed by atoms with E-state index in [9.17, 15) is 15.3 Å². The first-order chi connectivity index (χ1) is 11.1. The molecule has 1 aromatic carbocycles. The lowest BCUT2D eigenvalue weighted by Gasteiger charge is -2.37.